The summed E-state index contributed by atoms with van der Waals surface area (Å²) in [5.74, 6) is 0. The molecule has 0 aliphatic heterocycles. The normalized spacial score (nSPS) is 10.8. The van der Waals surface area contributed by atoms with Crippen LogP contribution in [-0.4, -0.2) is 23.3 Å². The number of nitrogens with zero attached hydrogens (tertiary/aromatic N) is 1. The van der Waals surface area contributed by atoms with Crippen LogP contribution in [0.5, 0.6) is 0 Å². The summed E-state index contributed by atoms with van der Waals surface area (Å²) < 4.78 is 0. The van der Waals surface area contributed by atoms with E-state index in [0.717, 1.165) is 31.4 Å². The van der Waals surface area contributed by atoms with Gasteiger partial charge in [0.25, 0.3) is 0 Å². The molecule has 0 unspecified atom stereocenters. The van der Waals surface area contributed by atoms with Crippen molar-refractivity contribution >= 4 is 15.9 Å². The van der Waals surface area contributed by atoms with E-state index in [9.17, 15) is 0 Å². The van der Waals surface area contributed by atoms with Crippen LogP contribution in [0.1, 0.15) is 11.1 Å². The minimum Gasteiger partial charge on any atom is -0.298 e. The van der Waals surface area contributed by atoms with E-state index in [1.807, 2.05) is 0 Å². The van der Waals surface area contributed by atoms with Crippen molar-refractivity contribution in [2.45, 2.75) is 13.0 Å². The number of hydrogen-bond acceptors (Lipinski definition) is 1. The molecule has 0 saturated heterocycles. The molecule has 2 heteroatoms. The number of halogens is 1. The fourth-order valence-electron chi connectivity index (χ4n) is 2.16. The van der Waals surface area contributed by atoms with E-state index in [2.05, 4.69) is 81.5 Å². The highest BCUT2D eigenvalue weighted by atomic mass is 79.9. The third-order valence-electron chi connectivity index (χ3n) is 3.21. The molecule has 0 saturated carbocycles. The minimum absolute atomic E-state index is 1.02. The Bertz CT molecular complexity index is 455. The topological polar surface area (TPSA) is 3.24 Å². The van der Waals surface area contributed by atoms with Gasteiger partial charge in [-0.2, -0.15) is 0 Å². The molecular formula is C17H20BrN. The molecule has 2 aromatic carbocycles. The summed E-state index contributed by atoms with van der Waals surface area (Å²) >= 11 is 3.55. The summed E-state index contributed by atoms with van der Waals surface area (Å²) in [4.78, 5) is 2.50. The molecule has 0 radical (unpaired) electrons. The molecule has 0 aromatic heterocycles. The maximum atomic E-state index is 3.55. The Morgan fingerprint density at radius 1 is 0.737 bits per heavy atom. The van der Waals surface area contributed by atoms with E-state index in [4.69, 9.17) is 0 Å². The van der Waals surface area contributed by atoms with Crippen molar-refractivity contribution < 1.29 is 0 Å². The van der Waals surface area contributed by atoms with Gasteiger partial charge < -0.3 is 0 Å². The zero-order valence-electron chi connectivity index (χ0n) is 11.1. The molecule has 2 aromatic rings. The van der Waals surface area contributed by atoms with Crippen LogP contribution in [0.2, 0.25) is 0 Å². The molecule has 0 bridgehead atoms. The van der Waals surface area contributed by atoms with Crippen LogP contribution in [0.4, 0.5) is 0 Å². The maximum absolute atomic E-state index is 3.55. The lowest BCUT2D eigenvalue weighted by atomic mass is 10.1. The molecule has 1 nitrogen and oxygen atoms in total. The second-order valence-corrected chi connectivity index (χ2v) is 5.48. The lowest BCUT2D eigenvalue weighted by molar-refractivity contribution is 0.287. The van der Waals surface area contributed by atoms with Gasteiger partial charge in [-0.05, 0) is 17.5 Å². The molecule has 100 valence electrons. The van der Waals surface area contributed by atoms with Crippen molar-refractivity contribution in [1.82, 2.24) is 4.90 Å². The fraction of sp³-hybridized carbons (Fsp3) is 0.294. The van der Waals surface area contributed by atoms with Crippen LogP contribution in [0.25, 0.3) is 0 Å². The van der Waals surface area contributed by atoms with Crippen molar-refractivity contribution in [1.29, 1.82) is 0 Å². The Morgan fingerprint density at radius 2 is 1.32 bits per heavy atom. The number of benzene rings is 2. The number of rotatable bonds is 7. The van der Waals surface area contributed by atoms with E-state index in [1.54, 1.807) is 0 Å². The lowest BCUT2D eigenvalue weighted by Crippen LogP contribution is -2.27. The second kappa shape index (κ2) is 8.13. The fourth-order valence-corrected chi connectivity index (χ4v) is 2.66. The Labute approximate surface area is 124 Å². The van der Waals surface area contributed by atoms with Crippen LogP contribution in [0, 0.1) is 0 Å². The highest BCUT2D eigenvalue weighted by molar-refractivity contribution is 9.09. The lowest BCUT2D eigenvalue weighted by Gasteiger charge is -2.21. The third-order valence-corrected chi connectivity index (χ3v) is 3.56. The average molecular weight is 318 g/mol. The van der Waals surface area contributed by atoms with E-state index in [1.165, 1.54) is 11.1 Å². The van der Waals surface area contributed by atoms with Gasteiger partial charge in [0.2, 0.25) is 0 Å². The second-order valence-electron chi connectivity index (χ2n) is 4.69. The molecule has 19 heavy (non-hydrogen) atoms. The Kier molecular flexibility index (Phi) is 6.12. The Balaban J connectivity index is 1.89. The van der Waals surface area contributed by atoms with Crippen LogP contribution in [0.3, 0.4) is 0 Å². The first kappa shape index (κ1) is 14.3. The summed E-state index contributed by atoms with van der Waals surface area (Å²) in [5.41, 5.74) is 2.80. The van der Waals surface area contributed by atoms with E-state index >= 15 is 0 Å². The number of hydrogen-bond donors (Lipinski definition) is 0. The van der Waals surface area contributed by atoms with Gasteiger partial charge in [-0.3, -0.25) is 4.90 Å². The van der Waals surface area contributed by atoms with Crippen LogP contribution < -0.4 is 0 Å². The van der Waals surface area contributed by atoms with Gasteiger partial charge in [0.15, 0.2) is 0 Å². The van der Waals surface area contributed by atoms with Crippen molar-refractivity contribution in [2.75, 3.05) is 18.4 Å². The molecule has 0 N–H and O–H groups in total. The zero-order chi connectivity index (χ0) is 13.3. The first-order chi connectivity index (χ1) is 9.38. The van der Waals surface area contributed by atoms with Gasteiger partial charge in [0.1, 0.15) is 0 Å². The molecule has 0 fully saturated rings. The smallest absolute Gasteiger partial charge is 0.0234 e. The summed E-state index contributed by atoms with van der Waals surface area (Å²) in [5, 5.41) is 1.02. The van der Waals surface area contributed by atoms with Gasteiger partial charge in [0, 0.05) is 25.0 Å². The molecule has 0 spiro atoms. The van der Waals surface area contributed by atoms with Crippen LogP contribution >= 0.6 is 15.9 Å². The van der Waals surface area contributed by atoms with Gasteiger partial charge in [0.05, 0.1) is 0 Å². The minimum atomic E-state index is 1.02. The van der Waals surface area contributed by atoms with Crippen LogP contribution in [0.15, 0.2) is 60.7 Å². The summed E-state index contributed by atoms with van der Waals surface area (Å²) in [6.07, 6.45) is 1.11. The molecule has 2 rings (SSSR count). The average Bonchev–Trinajstić information content (AvgIpc) is 2.47. The van der Waals surface area contributed by atoms with Gasteiger partial charge >= 0.3 is 0 Å². The highest BCUT2D eigenvalue weighted by Gasteiger charge is 2.05. The molecule has 0 heterocycles. The zero-order valence-corrected chi connectivity index (χ0v) is 12.7. The van der Waals surface area contributed by atoms with Crippen molar-refractivity contribution in [3.63, 3.8) is 0 Å². The molecular weight excluding hydrogens is 298 g/mol. The summed E-state index contributed by atoms with van der Waals surface area (Å²) in [6.45, 7) is 3.21. The van der Waals surface area contributed by atoms with Crippen LogP contribution in [-0.2, 0) is 13.0 Å². The van der Waals surface area contributed by atoms with Crippen molar-refractivity contribution in [2.24, 2.45) is 0 Å². The maximum Gasteiger partial charge on any atom is 0.0234 e. The van der Waals surface area contributed by atoms with Gasteiger partial charge in [-0.1, -0.05) is 76.6 Å². The van der Waals surface area contributed by atoms with E-state index in [0.29, 0.717) is 0 Å². The molecule has 0 aliphatic rings. The van der Waals surface area contributed by atoms with E-state index in [-0.39, 0.29) is 0 Å². The molecule has 0 atom stereocenters. The molecule has 0 amide bonds. The number of alkyl halides is 1. The third kappa shape index (κ3) is 5.17. The van der Waals surface area contributed by atoms with Gasteiger partial charge in [-0.15, -0.1) is 0 Å². The highest BCUT2D eigenvalue weighted by Crippen LogP contribution is 2.07. The predicted molar refractivity (Wildman–Crippen MR) is 85.7 cm³/mol. The monoisotopic (exact) mass is 317 g/mol. The standard InChI is InChI=1S/C17H20BrN/c18-12-14-19(15-17-9-5-2-6-10-17)13-11-16-7-3-1-4-8-16/h1-10H,11-15H2. The molecule has 0 aliphatic carbocycles. The summed E-state index contributed by atoms with van der Waals surface area (Å²) in [6, 6.07) is 21.4. The SMILES string of the molecule is BrCCN(CCc1ccccc1)Cc1ccccc1. The predicted octanol–water partition coefficient (Wildman–Crippen LogP) is 4.13. The van der Waals surface area contributed by atoms with E-state index < -0.39 is 0 Å². The first-order valence-electron chi connectivity index (χ1n) is 6.74. The van der Waals surface area contributed by atoms with Crippen molar-refractivity contribution in [3.8, 4) is 0 Å². The largest absolute Gasteiger partial charge is 0.298 e. The quantitative estimate of drug-likeness (QED) is 0.694. The Hall–Kier alpha value is -1.12. The van der Waals surface area contributed by atoms with Gasteiger partial charge in [-0.25, -0.2) is 0 Å². The van der Waals surface area contributed by atoms with Crippen molar-refractivity contribution in [3.05, 3.63) is 71.8 Å². The summed E-state index contributed by atoms with van der Waals surface area (Å²) in [7, 11) is 0. The Morgan fingerprint density at radius 3 is 1.89 bits per heavy atom. The first-order valence-corrected chi connectivity index (χ1v) is 7.87.